The lowest BCUT2D eigenvalue weighted by atomic mass is 10.2. The van der Waals surface area contributed by atoms with E-state index in [9.17, 15) is 8.42 Å². The molecule has 0 aliphatic rings. The van der Waals surface area contributed by atoms with Gasteiger partial charge in [-0.25, -0.2) is 13.6 Å². The molecule has 0 spiro atoms. The molecule has 1 aromatic rings. The molecule has 1 rings (SSSR count). The summed E-state index contributed by atoms with van der Waals surface area (Å²) in [4.78, 5) is 0.0984. The molecular formula is C8H10N2O2S. The summed E-state index contributed by atoms with van der Waals surface area (Å²) in [7, 11) is -3.59. The second kappa shape index (κ2) is 3.68. The minimum atomic E-state index is -3.59. The van der Waals surface area contributed by atoms with E-state index >= 15 is 0 Å². The highest BCUT2D eigenvalue weighted by Gasteiger charge is 2.05. The van der Waals surface area contributed by atoms with Crippen LogP contribution in [0.3, 0.4) is 0 Å². The van der Waals surface area contributed by atoms with Crippen LogP contribution in [0.2, 0.25) is 0 Å². The van der Waals surface area contributed by atoms with Crippen LogP contribution in [0.1, 0.15) is 5.56 Å². The predicted molar refractivity (Wildman–Crippen MR) is 50.3 cm³/mol. The highest BCUT2D eigenvalue weighted by Crippen LogP contribution is 2.08. The maximum absolute atomic E-state index is 10.8. The Balaban J connectivity index is 3.01. The van der Waals surface area contributed by atoms with E-state index in [-0.39, 0.29) is 4.90 Å². The maximum atomic E-state index is 10.8. The Morgan fingerprint density at radius 1 is 1.31 bits per heavy atom. The molecule has 0 saturated heterocycles. The van der Waals surface area contributed by atoms with Crippen molar-refractivity contribution in [1.29, 1.82) is 5.41 Å². The van der Waals surface area contributed by atoms with Crippen molar-refractivity contribution in [3.63, 3.8) is 0 Å². The van der Waals surface area contributed by atoms with Gasteiger partial charge in [0.2, 0.25) is 10.0 Å². The highest BCUT2D eigenvalue weighted by molar-refractivity contribution is 7.89. The topological polar surface area (TPSA) is 84.0 Å². The number of hydrogen-bond acceptors (Lipinski definition) is 3. The van der Waals surface area contributed by atoms with Gasteiger partial charge in [-0.2, -0.15) is 0 Å². The monoisotopic (exact) mass is 198 g/mol. The van der Waals surface area contributed by atoms with Crippen LogP contribution in [0.4, 0.5) is 0 Å². The van der Waals surface area contributed by atoms with Gasteiger partial charge in [-0.1, -0.05) is 12.1 Å². The molecule has 0 fully saturated rings. The van der Waals surface area contributed by atoms with Crippen LogP contribution in [0, 0.1) is 5.41 Å². The number of nitrogens with two attached hydrogens (primary N) is 1. The molecule has 70 valence electrons. The smallest absolute Gasteiger partial charge is 0.238 e. The summed E-state index contributed by atoms with van der Waals surface area (Å²) in [6.07, 6.45) is 1.76. The van der Waals surface area contributed by atoms with E-state index < -0.39 is 10.0 Å². The van der Waals surface area contributed by atoms with Gasteiger partial charge in [0.25, 0.3) is 0 Å². The van der Waals surface area contributed by atoms with Crippen molar-refractivity contribution >= 4 is 16.2 Å². The van der Waals surface area contributed by atoms with Gasteiger partial charge in [0.1, 0.15) is 0 Å². The Hall–Kier alpha value is -1.20. The summed E-state index contributed by atoms with van der Waals surface area (Å²) in [6.45, 7) is 0. The summed E-state index contributed by atoms with van der Waals surface area (Å²) in [5.41, 5.74) is 0.891. The molecule has 0 saturated carbocycles. The van der Waals surface area contributed by atoms with Crippen molar-refractivity contribution < 1.29 is 8.42 Å². The minimum absolute atomic E-state index is 0.0984. The zero-order valence-corrected chi connectivity index (χ0v) is 7.71. The normalized spacial score (nSPS) is 11.2. The predicted octanol–water partition coefficient (Wildman–Crippen LogP) is 0.526. The molecule has 13 heavy (non-hydrogen) atoms. The van der Waals surface area contributed by atoms with Gasteiger partial charge in [-0.3, -0.25) is 0 Å². The van der Waals surface area contributed by atoms with Crippen LogP contribution in [0.5, 0.6) is 0 Å². The van der Waals surface area contributed by atoms with Gasteiger partial charge in [-0.05, 0) is 23.9 Å². The molecule has 0 aliphatic carbocycles. The first-order valence-electron chi connectivity index (χ1n) is 3.65. The SMILES string of the molecule is N=CCc1ccc(S(N)(=O)=O)cc1. The summed E-state index contributed by atoms with van der Waals surface area (Å²) in [5, 5.41) is 11.8. The quantitative estimate of drug-likeness (QED) is 0.694. The molecule has 0 radical (unpaired) electrons. The van der Waals surface area contributed by atoms with E-state index in [1.165, 1.54) is 18.3 Å². The molecule has 5 heteroatoms. The number of hydrogen-bond donors (Lipinski definition) is 2. The molecule has 0 amide bonds. The van der Waals surface area contributed by atoms with Gasteiger partial charge in [0, 0.05) is 6.42 Å². The molecular weight excluding hydrogens is 188 g/mol. The van der Waals surface area contributed by atoms with Crippen LogP contribution in [0.15, 0.2) is 29.2 Å². The molecule has 0 bridgehead atoms. The molecule has 0 unspecified atom stereocenters. The van der Waals surface area contributed by atoms with E-state index in [1.807, 2.05) is 0 Å². The summed E-state index contributed by atoms with van der Waals surface area (Å²) >= 11 is 0. The average molecular weight is 198 g/mol. The Morgan fingerprint density at radius 3 is 2.23 bits per heavy atom. The first kappa shape index (κ1) is 9.88. The fraction of sp³-hybridized carbons (Fsp3) is 0.125. The summed E-state index contributed by atoms with van der Waals surface area (Å²) in [6, 6.07) is 6.16. The number of nitrogens with one attached hydrogen (secondary N) is 1. The summed E-state index contributed by atoms with van der Waals surface area (Å²) in [5.74, 6) is 0. The second-order valence-electron chi connectivity index (χ2n) is 2.60. The average Bonchev–Trinajstić information content (AvgIpc) is 2.04. The Bertz CT molecular complexity index is 395. The van der Waals surface area contributed by atoms with Crippen molar-refractivity contribution in [2.75, 3.05) is 0 Å². The third-order valence-electron chi connectivity index (χ3n) is 1.59. The molecule has 0 aliphatic heterocycles. The van der Waals surface area contributed by atoms with E-state index in [0.717, 1.165) is 5.56 Å². The number of benzene rings is 1. The van der Waals surface area contributed by atoms with E-state index in [1.54, 1.807) is 12.1 Å². The standard InChI is InChI=1S/C8H10N2O2S/c9-6-5-7-1-3-8(4-2-7)13(10,11)12/h1-4,6,9H,5H2,(H2,10,11,12). The third-order valence-corrected chi connectivity index (χ3v) is 2.52. The molecule has 0 atom stereocenters. The van der Waals surface area contributed by atoms with E-state index in [4.69, 9.17) is 10.5 Å². The lowest BCUT2D eigenvalue weighted by Gasteiger charge is -1.98. The lowest BCUT2D eigenvalue weighted by molar-refractivity contribution is 0.598. The van der Waals surface area contributed by atoms with Crippen LogP contribution in [-0.2, 0) is 16.4 Å². The van der Waals surface area contributed by atoms with Crippen molar-refractivity contribution in [1.82, 2.24) is 0 Å². The molecule has 0 heterocycles. The van der Waals surface area contributed by atoms with E-state index in [0.29, 0.717) is 6.42 Å². The molecule has 1 aromatic carbocycles. The number of primary sulfonamides is 1. The van der Waals surface area contributed by atoms with Gasteiger partial charge in [0.05, 0.1) is 4.90 Å². The number of sulfonamides is 1. The van der Waals surface area contributed by atoms with Crippen LogP contribution >= 0.6 is 0 Å². The fourth-order valence-electron chi connectivity index (χ4n) is 0.933. The van der Waals surface area contributed by atoms with Gasteiger partial charge >= 0.3 is 0 Å². The zero-order chi connectivity index (χ0) is 9.90. The molecule has 3 N–H and O–H groups in total. The molecule has 4 nitrogen and oxygen atoms in total. The van der Waals surface area contributed by atoms with Gasteiger partial charge < -0.3 is 5.41 Å². The van der Waals surface area contributed by atoms with Crippen LogP contribution in [-0.4, -0.2) is 14.6 Å². The van der Waals surface area contributed by atoms with Crippen molar-refractivity contribution in [2.24, 2.45) is 5.14 Å². The minimum Gasteiger partial charge on any atom is -0.313 e. The Kier molecular flexibility index (Phi) is 2.79. The van der Waals surface area contributed by atoms with Gasteiger partial charge in [0.15, 0.2) is 0 Å². The van der Waals surface area contributed by atoms with Crippen LogP contribution < -0.4 is 5.14 Å². The van der Waals surface area contributed by atoms with Gasteiger partial charge in [-0.15, -0.1) is 0 Å². The Labute approximate surface area is 76.9 Å². The Morgan fingerprint density at radius 2 is 1.85 bits per heavy atom. The molecule has 0 aromatic heterocycles. The maximum Gasteiger partial charge on any atom is 0.238 e. The zero-order valence-electron chi connectivity index (χ0n) is 6.90. The number of rotatable bonds is 3. The lowest BCUT2D eigenvalue weighted by Crippen LogP contribution is -2.11. The van der Waals surface area contributed by atoms with Crippen molar-refractivity contribution in [3.05, 3.63) is 29.8 Å². The first-order chi connectivity index (χ1) is 6.04. The highest BCUT2D eigenvalue weighted by atomic mass is 32.2. The third kappa shape index (κ3) is 2.64. The van der Waals surface area contributed by atoms with Crippen LogP contribution in [0.25, 0.3) is 0 Å². The largest absolute Gasteiger partial charge is 0.313 e. The summed E-state index contributed by atoms with van der Waals surface area (Å²) < 4.78 is 21.7. The second-order valence-corrected chi connectivity index (χ2v) is 4.16. The van der Waals surface area contributed by atoms with Crippen molar-refractivity contribution in [2.45, 2.75) is 11.3 Å². The van der Waals surface area contributed by atoms with E-state index in [2.05, 4.69) is 0 Å². The fourth-order valence-corrected chi connectivity index (χ4v) is 1.45. The first-order valence-corrected chi connectivity index (χ1v) is 5.19. The van der Waals surface area contributed by atoms with Crippen molar-refractivity contribution in [3.8, 4) is 0 Å².